The third-order valence-corrected chi connectivity index (χ3v) is 9.15. The number of hydrogen-bond acceptors (Lipinski definition) is 0. The molecule has 0 amide bonds. The molecule has 6 aromatic carbocycles. The van der Waals surface area contributed by atoms with E-state index in [4.69, 9.17) is 0 Å². The molecule has 0 aliphatic carbocycles. The summed E-state index contributed by atoms with van der Waals surface area (Å²) in [5.74, 6) is 0. The Balaban J connectivity index is 1.66. The van der Waals surface area contributed by atoms with Gasteiger partial charge >= 0.3 is 21.2 Å². The summed E-state index contributed by atoms with van der Waals surface area (Å²) < 4.78 is 2.93. The minimum atomic E-state index is -0.323. The van der Waals surface area contributed by atoms with Crippen LogP contribution in [0.25, 0.3) is 32.7 Å². The van der Waals surface area contributed by atoms with Crippen molar-refractivity contribution >= 4 is 21.5 Å². The highest BCUT2D eigenvalue weighted by molar-refractivity contribution is 6.06. The molecule has 0 saturated heterocycles. The van der Waals surface area contributed by atoms with E-state index in [-0.39, 0.29) is 21.2 Å². The van der Waals surface area contributed by atoms with Gasteiger partial charge in [0.25, 0.3) is 0 Å². The first-order valence-electron chi connectivity index (χ1n) is 11.6. The Labute approximate surface area is 211 Å². The van der Waals surface area contributed by atoms with Crippen molar-refractivity contribution in [3.05, 3.63) is 152 Å². The predicted molar refractivity (Wildman–Crippen MR) is 140 cm³/mol. The highest BCUT2D eigenvalue weighted by Crippen LogP contribution is 2.37. The van der Waals surface area contributed by atoms with Gasteiger partial charge in [0, 0.05) is 5.56 Å². The average molecular weight is 547 g/mol. The van der Waals surface area contributed by atoms with Gasteiger partial charge in [0.1, 0.15) is 0 Å². The maximum atomic E-state index is 2.38. The molecule has 0 aliphatic heterocycles. The van der Waals surface area contributed by atoms with Gasteiger partial charge in [0.2, 0.25) is 3.57 Å². The van der Waals surface area contributed by atoms with Crippen molar-refractivity contribution in [1.82, 2.24) is 0 Å². The fraction of sp³-hybridized carbons (Fsp3) is 0.0303. The van der Waals surface area contributed by atoms with Crippen LogP contribution in [0.3, 0.4) is 0 Å². The minimum Gasteiger partial charge on any atom is -0.0622 e. The fourth-order valence-electron chi connectivity index (χ4n) is 4.75. The van der Waals surface area contributed by atoms with E-state index in [2.05, 4.69) is 133 Å². The van der Waals surface area contributed by atoms with Crippen molar-refractivity contribution in [1.29, 1.82) is 0 Å². The molecule has 0 nitrogen and oxygen atoms in total. The predicted octanol–water partition coefficient (Wildman–Crippen LogP) is 5.38. The zero-order valence-electron chi connectivity index (χ0n) is 18.8. The summed E-state index contributed by atoms with van der Waals surface area (Å²) in [4.78, 5) is 0. The number of benzene rings is 6. The van der Waals surface area contributed by atoms with Crippen molar-refractivity contribution in [3.63, 3.8) is 0 Å². The summed E-state index contributed by atoms with van der Waals surface area (Å²) >= 11 is -0.323. The van der Waals surface area contributed by atoms with Gasteiger partial charge in [-0.25, -0.2) is 0 Å². The van der Waals surface area contributed by atoms with E-state index in [9.17, 15) is 0 Å². The largest absolute Gasteiger partial charge is 0.358 e. The summed E-state index contributed by atoms with van der Waals surface area (Å²) in [5, 5.41) is 5.29. The van der Waals surface area contributed by atoms with E-state index in [0.717, 1.165) is 6.42 Å². The maximum Gasteiger partial charge on any atom is 0.358 e. The van der Waals surface area contributed by atoms with Crippen LogP contribution in [0, 0.1) is 7.14 Å². The molecule has 0 fully saturated rings. The second kappa shape index (κ2) is 9.44. The molecule has 0 radical (unpaired) electrons. The SMILES string of the molecule is c1ccc(Cc2ccc3ccccc3c2-c2c([I+]c3ccccc3)ccc3ccccc23)cc1. The topological polar surface area (TPSA) is 0 Å². The molecule has 0 spiro atoms. The monoisotopic (exact) mass is 547 g/mol. The maximum absolute atomic E-state index is 2.38. The van der Waals surface area contributed by atoms with Gasteiger partial charge in [-0.3, -0.25) is 0 Å². The van der Waals surface area contributed by atoms with Crippen LogP contribution in [0.15, 0.2) is 133 Å². The lowest BCUT2D eigenvalue weighted by Crippen LogP contribution is -3.61. The van der Waals surface area contributed by atoms with Crippen LogP contribution in [-0.4, -0.2) is 0 Å². The molecular formula is C33H24I+. The minimum absolute atomic E-state index is 0.323. The van der Waals surface area contributed by atoms with Crippen LogP contribution in [-0.2, 0) is 6.42 Å². The molecule has 34 heavy (non-hydrogen) atoms. The number of hydrogen-bond donors (Lipinski definition) is 0. The van der Waals surface area contributed by atoms with Gasteiger partial charge in [-0.1, -0.05) is 109 Å². The Kier molecular flexibility index (Phi) is 5.86. The molecule has 0 atom stereocenters. The molecular weight excluding hydrogens is 523 g/mol. The average Bonchev–Trinajstić information content (AvgIpc) is 2.90. The van der Waals surface area contributed by atoms with Crippen molar-refractivity contribution in [2.75, 3.05) is 0 Å². The van der Waals surface area contributed by atoms with E-state index in [1.807, 2.05) is 0 Å². The molecule has 162 valence electrons. The third-order valence-electron chi connectivity index (χ3n) is 6.32. The molecule has 6 aromatic rings. The standard InChI is InChI=1S/C33H24I/c1-3-11-24(12-4-1)23-27-20-19-25-13-7-9-17-29(25)32(27)33-30-18-10-8-14-26(30)21-22-31(33)34-28-15-5-2-6-16-28/h1-22H,23H2/q+1. The molecule has 0 saturated carbocycles. The summed E-state index contributed by atoms with van der Waals surface area (Å²) in [6, 6.07) is 48.9. The highest BCUT2D eigenvalue weighted by Gasteiger charge is 2.25. The lowest BCUT2D eigenvalue weighted by molar-refractivity contribution is -0.596. The molecule has 1 heteroatoms. The summed E-state index contributed by atoms with van der Waals surface area (Å²) in [7, 11) is 0. The first kappa shape index (κ1) is 21.1. The quantitative estimate of drug-likeness (QED) is 0.255. The number of halogens is 1. The van der Waals surface area contributed by atoms with Gasteiger partial charge in [-0.05, 0) is 68.9 Å². The zero-order chi connectivity index (χ0) is 22.7. The van der Waals surface area contributed by atoms with E-state index in [1.54, 1.807) is 0 Å². The molecule has 0 heterocycles. The van der Waals surface area contributed by atoms with E-state index in [0.29, 0.717) is 0 Å². The lowest BCUT2D eigenvalue weighted by atomic mass is 9.88. The van der Waals surface area contributed by atoms with Crippen LogP contribution in [0.2, 0.25) is 0 Å². The van der Waals surface area contributed by atoms with Crippen molar-refractivity contribution in [2.24, 2.45) is 0 Å². The molecule has 0 N–H and O–H groups in total. The molecule has 6 rings (SSSR count). The van der Waals surface area contributed by atoms with Crippen molar-refractivity contribution in [2.45, 2.75) is 6.42 Å². The van der Waals surface area contributed by atoms with Gasteiger partial charge in [0.05, 0.1) is 0 Å². The second-order valence-electron chi connectivity index (χ2n) is 8.52. The lowest BCUT2D eigenvalue weighted by Gasteiger charge is -2.16. The normalized spacial score (nSPS) is 11.2. The van der Waals surface area contributed by atoms with Crippen LogP contribution in [0.4, 0.5) is 0 Å². The molecule has 0 unspecified atom stereocenters. The second-order valence-corrected chi connectivity index (χ2v) is 11.5. The van der Waals surface area contributed by atoms with Gasteiger partial charge in [-0.2, -0.15) is 0 Å². The summed E-state index contributed by atoms with van der Waals surface area (Å²) in [5.41, 5.74) is 5.54. The first-order valence-corrected chi connectivity index (χ1v) is 13.8. The van der Waals surface area contributed by atoms with Gasteiger partial charge < -0.3 is 0 Å². The smallest absolute Gasteiger partial charge is 0.0622 e. The first-order chi connectivity index (χ1) is 16.9. The Hall–Kier alpha value is -3.43. The number of fused-ring (bicyclic) bond motifs is 2. The highest BCUT2D eigenvalue weighted by atomic mass is 127. The molecule has 0 bridgehead atoms. The zero-order valence-corrected chi connectivity index (χ0v) is 20.9. The van der Waals surface area contributed by atoms with Crippen molar-refractivity contribution < 1.29 is 21.2 Å². The van der Waals surface area contributed by atoms with Gasteiger partial charge in [-0.15, -0.1) is 0 Å². The van der Waals surface area contributed by atoms with E-state index in [1.165, 1.54) is 50.9 Å². The summed E-state index contributed by atoms with van der Waals surface area (Å²) in [6.45, 7) is 0. The molecule has 0 aliphatic rings. The van der Waals surface area contributed by atoms with Gasteiger partial charge in [0.15, 0.2) is 3.57 Å². The number of rotatable bonds is 5. The van der Waals surface area contributed by atoms with Crippen molar-refractivity contribution in [3.8, 4) is 11.1 Å². The Morgan fingerprint density at radius 3 is 1.71 bits per heavy atom. The van der Waals surface area contributed by atoms with Crippen LogP contribution < -0.4 is 21.2 Å². The fourth-order valence-corrected chi connectivity index (χ4v) is 7.38. The van der Waals surface area contributed by atoms with Crippen LogP contribution in [0.1, 0.15) is 11.1 Å². The van der Waals surface area contributed by atoms with E-state index < -0.39 is 0 Å². The Morgan fingerprint density at radius 2 is 1.00 bits per heavy atom. The van der Waals surface area contributed by atoms with Crippen LogP contribution >= 0.6 is 0 Å². The van der Waals surface area contributed by atoms with Crippen LogP contribution in [0.5, 0.6) is 0 Å². The van der Waals surface area contributed by atoms with E-state index >= 15 is 0 Å². The summed E-state index contributed by atoms with van der Waals surface area (Å²) in [6.07, 6.45) is 0.924. The third kappa shape index (κ3) is 4.12. The Bertz CT molecular complexity index is 1460. The molecule has 0 aromatic heterocycles. The Morgan fingerprint density at radius 1 is 0.441 bits per heavy atom.